The van der Waals surface area contributed by atoms with Crippen molar-refractivity contribution in [1.29, 1.82) is 0 Å². The van der Waals surface area contributed by atoms with Crippen molar-refractivity contribution in [3.63, 3.8) is 0 Å². The number of halogens is 1. The van der Waals surface area contributed by atoms with Gasteiger partial charge in [0.15, 0.2) is 0 Å². The van der Waals surface area contributed by atoms with E-state index in [-0.39, 0.29) is 12.7 Å². The minimum atomic E-state index is -1.71. The van der Waals surface area contributed by atoms with Crippen LogP contribution < -0.4 is 4.74 Å². The van der Waals surface area contributed by atoms with E-state index >= 15 is 0 Å². The number of unbranched alkanes of at least 4 members (excludes halogenated alkanes) is 17. The smallest absolute Gasteiger partial charge is 0.494 e. The highest BCUT2D eigenvalue weighted by Gasteiger charge is 2.05. The summed E-state index contributed by atoms with van der Waals surface area (Å²) in [7, 11) is 0. The maximum Gasteiger partial charge on any atom is 0.495 e. The lowest BCUT2D eigenvalue weighted by Gasteiger charge is -2.16. The molecule has 6 heteroatoms. The fourth-order valence-corrected chi connectivity index (χ4v) is 4.60. The Hall–Kier alpha value is -1.66. The fraction of sp³-hybridized carbons (Fsp3) is 0.806. The SMILES string of the molecule is CCC(C)OCC(C)OCCCCCCCCCCCCCCCCCCCCOc1ccccc1.CCOC(=O)F. The summed E-state index contributed by atoms with van der Waals surface area (Å²) in [5, 5.41) is 0. The minimum Gasteiger partial charge on any atom is -0.494 e. The largest absolute Gasteiger partial charge is 0.495 e. The first kappa shape index (κ1) is 40.3. The Bertz CT molecular complexity index is 672. The second-order valence-electron chi connectivity index (χ2n) is 11.4. The van der Waals surface area contributed by atoms with E-state index in [1.807, 2.05) is 30.3 Å². The van der Waals surface area contributed by atoms with E-state index in [4.69, 9.17) is 19.0 Å². The first-order valence-electron chi connectivity index (χ1n) is 17.2. The van der Waals surface area contributed by atoms with Crippen LogP contribution in [0.3, 0.4) is 0 Å². The van der Waals surface area contributed by atoms with Crippen molar-refractivity contribution in [2.75, 3.05) is 26.4 Å². The lowest BCUT2D eigenvalue weighted by molar-refractivity contribution is -0.0329. The van der Waals surface area contributed by atoms with Crippen molar-refractivity contribution in [3.05, 3.63) is 30.3 Å². The summed E-state index contributed by atoms with van der Waals surface area (Å²) < 4.78 is 31.9. The van der Waals surface area contributed by atoms with Crippen LogP contribution >= 0.6 is 0 Å². The zero-order valence-corrected chi connectivity index (χ0v) is 27.7. The molecule has 42 heavy (non-hydrogen) atoms. The van der Waals surface area contributed by atoms with Gasteiger partial charge in [0.2, 0.25) is 0 Å². The molecule has 0 bridgehead atoms. The Balaban J connectivity index is 0.00000252. The number of carbonyl (C=O) groups excluding carboxylic acids is 1. The average molecular weight is 597 g/mol. The van der Waals surface area contributed by atoms with Crippen molar-refractivity contribution in [2.24, 2.45) is 0 Å². The number of rotatable bonds is 28. The van der Waals surface area contributed by atoms with Gasteiger partial charge in [0.25, 0.3) is 0 Å². The molecule has 0 aliphatic carbocycles. The van der Waals surface area contributed by atoms with E-state index in [9.17, 15) is 4.39 Å². The van der Waals surface area contributed by atoms with Crippen LogP contribution in [-0.2, 0) is 14.2 Å². The van der Waals surface area contributed by atoms with Crippen molar-refractivity contribution >= 4 is 6.22 Å². The van der Waals surface area contributed by atoms with Gasteiger partial charge in [0.05, 0.1) is 32.0 Å². The van der Waals surface area contributed by atoms with Crippen LogP contribution in [0.2, 0.25) is 0 Å². The van der Waals surface area contributed by atoms with Gasteiger partial charge >= 0.3 is 6.22 Å². The van der Waals surface area contributed by atoms with Gasteiger partial charge in [-0.2, -0.15) is 0 Å². The topological polar surface area (TPSA) is 54.0 Å². The monoisotopic (exact) mass is 596 g/mol. The van der Waals surface area contributed by atoms with Crippen molar-refractivity contribution in [1.82, 2.24) is 0 Å². The van der Waals surface area contributed by atoms with Gasteiger partial charge in [0.1, 0.15) is 5.75 Å². The highest BCUT2D eigenvalue weighted by molar-refractivity contribution is 5.57. The molecule has 5 nitrogen and oxygen atoms in total. The predicted molar refractivity (Wildman–Crippen MR) is 174 cm³/mol. The molecule has 0 spiro atoms. The summed E-state index contributed by atoms with van der Waals surface area (Å²) in [6.07, 6.45) is 24.7. The molecule has 2 atom stereocenters. The van der Waals surface area contributed by atoms with Crippen LogP contribution in [0, 0.1) is 0 Å². The molecule has 0 fully saturated rings. The second kappa shape index (κ2) is 32.3. The maximum atomic E-state index is 10.8. The summed E-state index contributed by atoms with van der Waals surface area (Å²) in [4.78, 5) is 9.15. The molecular formula is C36H65FO5. The van der Waals surface area contributed by atoms with Gasteiger partial charge in [-0.15, -0.1) is 4.39 Å². The molecule has 1 aromatic carbocycles. The molecule has 0 N–H and O–H groups in total. The van der Waals surface area contributed by atoms with Gasteiger partial charge in [-0.25, -0.2) is 4.79 Å². The van der Waals surface area contributed by atoms with E-state index in [0.29, 0.717) is 6.10 Å². The highest BCUT2D eigenvalue weighted by atomic mass is 19.1. The third-order valence-corrected chi connectivity index (χ3v) is 7.40. The molecule has 0 aliphatic rings. The molecule has 0 aromatic heterocycles. The first-order chi connectivity index (χ1) is 20.5. The number of benzene rings is 1. The Kier molecular flexibility index (Phi) is 31.0. The molecule has 1 rings (SSSR count). The third-order valence-electron chi connectivity index (χ3n) is 7.40. The molecule has 0 amide bonds. The standard InChI is InChI=1S/C33H60O3.C3H5FO2/c1-4-31(2)36-30-32(3)34-28-24-19-17-15-13-11-9-7-5-6-8-10-12-14-16-18-20-25-29-35-33-26-22-21-23-27-33;1-2-6-3(4)5/h21-23,26-27,31-32H,4-20,24-25,28-30H2,1-3H3;2H2,1H3. The van der Waals surface area contributed by atoms with E-state index in [0.717, 1.165) is 32.0 Å². The van der Waals surface area contributed by atoms with E-state index < -0.39 is 6.22 Å². The first-order valence-corrected chi connectivity index (χ1v) is 17.2. The van der Waals surface area contributed by atoms with Gasteiger partial charge < -0.3 is 18.9 Å². The van der Waals surface area contributed by atoms with E-state index in [2.05, 4.69) is 25.5 Å². The lowest BCUT2D eigenvalue weighted by atomic mass is 10.0. The quantitative estimate of drug-likeness (QED) is 0.0711. The Morgan fingerprint density at radius 1 is 0.619 bits per heavy atom. The zero-order valence-electron chi connectivity index (χ0n) is 27.7. The second-order valence-corrected chi connectivity index (χ2v) is 11.4. The number of hydrogen-bond donors (Lipinski definition) is 0. The summed E-state index contributed by atoms with van der Waals surface area (Å²) in [6, 6.07) is 10.2. The van der Waals surface area contributed by atoms with Crippen LogP contribution in [0.4, 0.5) is 9.18 Å². The molecule has 0 saturated carbocycles. The van der Waals surface area contributed by atoms with Crippen molar-refractivity contribution < 1.29 is 28.1 Å². The lowest BCUT2D eigenvalue weighted by Crippen LogP contribution is -2.20. The van der Waals surface area contributed by atoms with Gasteiger partial charge in [0, 0.05) is 6.61 Å². The Morgan fingerprint density at radius 3 is 1.43 bits per heavy atom. The summed E-state index contributed by atoms with van der Waals surface area (Å²) >= 11 is 0. The summed E-state index contributed by atoms with van der Waals surface area (Å²) in [5.41, 5.74) is 0. The Labute approximate surface area is 258 Å². The molecule has 0 heterocycles. The molecule has 0 radical (unpaired) electrons. The molecule has 1 aromatic rings. The van der Waals surface area contributed by atoms with Crippen LogP contribution in [0.15, 0.2) is 30.3 Å². The number of carbonyl (C=O) groups is 1. The van der Waals surface area contributed by atoms with E-state index in [1.54, 1.807) is 0 Å². The van der Waals surface area contributed by atoms with Gasteiger partial charge in [-0.05, 0) is 52.2 Å². The summed E-state index contributed by atoms with van der Waals surface area (Å²) in [6.45, 7) is 10.5. The number of hydrogen-bond acceptors (Lipinski definition) is 5. The van der Waals surface area contributed by atoms with Crippen LogP contribution in [-0.4, -0.2) is 44.9 Å². The van der Waals surface area contributed by atoms with Gasteiger partial charge in [-0.3, -0.25) is 0 Å². The van der Waals surface area contributed by atoms with Crippen LogP contribution in [0.1, 0.15) is 150 Å². The van der Waals surface area contributed by atoms with Crippen molar-refractivity contribution in [3.8, 4) is 5.75 Å². The number of ether oxygens (including phenoxy) is 4. The van der Waals surface area contributed by atoms with Crippen LogP contribution in [0.25, 0.3) is 0 Å². The third kappa shape index (κ3) is 31.3. The number of para-hydroxylation sites is 1. The zero-order chi connectivity index (χ0) is 30.9. The van der Waals surface area contributed by atoms with Gasteiger partial charge in [-0.1, -0.05) is 128 Å². The summed E-state index contributed by atoms with van der Waals surface area (Å²) in [5.74, 6) is 0.999. The normalized spacial score (nSPS) is 12.3. The maximum absolute atomic E-state index is 10.8. The van der Waals surface area contributed by atoms with Crippen LogP contribution in [0.5, 0.6) is 5.75 Å². The predicted octanol–water partition coefficient (Wildman–Crippen LogP) is 11.4. The molecule has 2 unspecified atom stereocenters. The average Bonchev–Trinajstić information content (AvgIpc) is 2.99. The molecule has 246 valence electrons. The molecule has 0 saturated heterocycles. The Morgan fingerprint density at radius 2 is 1.05 bits per heavy atom. The van der Waals surface area contributed by atoms with E-state index in [1.165, 1.54) is 122 Å². The molecular weight excluding hydrogens is 531 g/mol. The van der Waals surface area contributed by atoms with Crippen molar-refractivity contribution in [2.45, 2.75) is 162 Å². The highest BCUT2D eigenvalue weighted by Crippen LogP contribution is 2.15. The minimum absolute atomic E-state index is 0.106. The fourth-order valence-electron chi connectivity index (χ4n) is 4.60. The molecule has 0 aliphatic heterocycles.